The van der Waals surface area contributed by atoms with E-state index in [1.54, 1.807) is 0 Å². The van der Waals surface area contributed by atoms with Gasteiger partial charge in [0.05, 0.1) is 18.3 Å². The topological polar surface area (TPSA) is 92.8 Å². The van der Waals surface area contributed by atoms with Gasteiger partial charge in [-0.15, -0.1) is 0 Å². The second-order valence-corrected chi connectivity index (χ2v) is 8.53. The van der Waals surface area contributed by atoms with Gasteiger partial charge in [0.2, 0.25) is 11.8 Å². The molecule has 1 aromatic carbocycles. The number of ether oxygens (including phenoxy) is 1. The van der Waals surface area contributed by atoms with Crippen LogP contribution >= 0.6 is 0 Å². The van der Waals surface area contributed by atoms with Gasteiger partial charge in [-0.3, -0.25) is 24.1 Å². The molecule has 0 spiro atoms. The number of esters is 1. The minimum Gasteiger partial charge on any atom is -0.452 e. The summed E-state index contributed by atoms with van der Waals surface area (Å²) in [6.45, 7) is 1.53. The SMILES string of the molecule is C[C@H](OC(=O)CCN1C(=O)[C@@H]2CCCC[C@H]2C1=O)C(=O)Nc1ccc2c(c1)CCC2. The summed E-state index contributed by atoms with van der Waals surface area (Å²) >= 11 is 0. The second-order valence-electron chi connectivity index (χ2n) is 8.53. The number of rotatable bonds is 6. The standard InChI is InChI=1S/C23H28N2O5/c1-14(21(27)24-17-10-9-15-5-4-6-16(15)13-17)30-20(26)11-12-25-22(28)18-7-2-3-8-19(18)23(25)29/h9-10,13-14,18-19H,2-8,11-12H2,1H3,(H,24,27)/t14-,18+,19+/m0/s1. The minimum absolute atomic E-state index is 0.0165. The first kappa shape index (κ1) is 20.6. The van der Waals surface area contributed by atoms with E-state index in [0.717, 1.165) is 44.9 Å². The molecule has 0 radical (unpaired) electrons. The summed E-state index contributed by atoms with van der Waals surface area (Å²) in [6, 6.07) is 5.86. The van der Waals surface area contributed by atoms with Crippen molar-refractivity contribution in [2.75, 3.05) is 11.9 Å². The van der Waals surface area contributed by atoms with Gasteiger partial charge in [-0.1, -0.05) is 18.9 Å². The third-order valence-corrected chi connectivity index (χ3v) is 6.52. The Hall–Kier alpha value is -2.70. The molecule has 1 saturated carbocycles. The predicted molar refractivity (Wildman–Crippen MR) is 109 cm³/mol. The number of carbonyl (C=O) groups excluding carboxylic acids is 4. The lowest BCUT2D eigenvalue weighted by molar-refractivity contribution is -0.154. The van der Waals surface area contributed by atoms with Crippen LogP contribution in [0.2, 0.25) is 0 Å². The summed E-state index contributed by atoms with van der Waals surface area (Å²) < 4.78 is 5.23. The number of hydrogen-bond donors (Lipinski definition) is 1. The zero-order chi connectivity index (χ0) is 21.3. The monoisotopic (exact) mass is 412 g/mol. The third-order valence-electron chi connectivity index (χ3n) is 6.52. The van der Waals surface area contributed by atoms with Crippen LogP contribution in [-0.4, -0.2) is 41.2 Å². The summed E-state index contributed by atoms with van der Waals surface area (Å²) in [5.74, 6) is -1.78. The molecule has 0 unspecified atom stereocenters. The lowest BCUT2D eigenvalue weighted by atomic mass is 9.81. The van der Waals surface area contributed by atoms with Gasteiger partial charge in [-0.25, -0.2) is 0 Å². The normalized spacial score (nSPS) is 23.7. The van der Waals surface area contributed by atoms with Gasteiger partial charge in [-0.2, -0.15) is 0 Å². The highest BCUT2D eigenvalue weighted by molar-refractivity contribution is 6.05. The van der Waals surface area contributed by atoms with Gasteiger partial charge >= 0.3 is 5.97 Å². The Labute approximate surface area is 176 Å². The fraction of sp³-hybridized carbons (Fsp3) is 0.565. The molecule has 7 heteroatoms. The molecule has 0 aromatic heterocycles. The number of likely N-dealkylation sites (tertiary alicyclic amines) is 1. The Morgan fingerprint density at radius 1 is 1.07 bits per heavy atom. The Bertz CT molecular complexity index is 856. The molecular formula is C23H28N2O5. The molecule has 30 heavy (non-hydrogen) atoms. The molecule has 1 aliphatic heterocycles. The molecule has 3 atom stereocenters. The van der Waals surface area contributed by atoms with Crippen LogP contribution in [0.5, 0.6) is 0 Å². The van der Waals surface area contributed by atoms with E-state index in [2.05, 4.69) is 5.32 Å². The van der Waals surface area contributed by atoms with Gasteiger partial charge in [0.1, 0.15) is 0 Å². The zero-order valence-electron chi connectivity index (χ0n) is 17.3. The Kier molecular flexibility index (Phi) is 5.88. The highest BCUT2D eigenvalue weighted by Crippen LogP contribution is 2.38. The number of aryl methyl sites for hydroxylation is 2. The van der Waals surface area contributed by atoms with E-state index in [1.165, 1.54) is 23.0 Å². The molecule has 0 bridgehead atoms. The summed E-state index contributed by atoms with van der Waals surface area (Å²) in [6.07, 6.45) is 5.57. The largest absolute Gasteiger partial charge is 0.452 e. The zero-order valence-corrected chi connectivity index (χ0v) is 17.3. The molecule has 7 nitrogen and oxygen atoms in total. The summed E-state index contributed by atoms with van der Waals surface area (Å²) in [5.41, 5.74) is 3.26. The molecule has 1 heterocycles. The van der Waals surface area contributed by atoms with Gasteiger partial charge in [-0.05, 0) is 62.3 Å². The van der Waals surface area contributed by atoms with Crippen LogP contribution in [0.1, 0.15) is 56.6 Å². The molecule has 3 amide bonds. The van der Waals surface area contributed by atoms with Crippen LogP contribution in [0.4, 0.5) is 5.69 Å². The molecule has 1 aromatic rings. The lowest BCUT2D eigenvalue weighted by Gasteiger charge is -2.19. The third kappa shape index (κ3) is 4.11. The van der Waals surface area contributed by atoms with Crippen LogP contribution in [0.3, 0.4) is 0 Å². The molecular weight excluding hydrogens is 384 g/mol. The number of anilines is 1. The fourth-order valence-electron chi connectivity index (χ4n) is 4.86. The number of amides is 3. The first-order chi connectivity index (χ1) is 14.4. The second kappa shape index (κ2) is 8.58. The molecule has 1 saturated heterocycles. The van der Waals surface area contributed by atoms with Crippen LogP contribution in [0.15, 0.2) is 18.2 Å². The van der Waals surface area contributed by atoms with Gasteiger partial charge < -0.3 is 10.1 Å². The number of carbonyl (C=O) groups is 4. The maximum atomic E-state index is 12.5. The van der Waals surface area contributed by atoms with Crippen molar-refractivity contribution in [1.29, 1.82) is 0 Å². The van der Waals surface area contributed by atoms with Crippen molar-refractivity contribution in [2.24, 2.45) is 11.8 Å². The van der Waals surface area contributed by atoms with Gasteiger partial charge in [0.15, 0.2) is 6.10 Å². The van der Waals surface area contributed by atoms with E-state index >= 15 is 0 Å². The van der Waals surface area contributed by atoms with E-state index in [4.69, 9.17) is 4.74 Å². The van der Waals surface area contributed by atoms with Crippen molar-refractivity contribution in [1.82, 2.24) is 4.90 Å². The number of hydrogen-bond acceptors (Lipinski definition) is 5. The van der Waals surface area contributed by atoms with Crippen LogP contribution in [0, 0.1) is 11.8 Å². The molecule has 3 aliphatic rings. The quantitative estimate of drug-likeness (QED) is 0.573. The van der Waals surface area contributed by atoms with E-state index in [-0.39, 0.29) is 36.6 Å². The van der Waals surface area contributed by atoms with E-state index in [0.29, 0.717) is 5.69 Å². The van der Waals surface area contributed by atoms with Crippen molar-refractivity contribution < 1.29 is 23.9 Å². The molecule has 160 valence electrons. The summed E-state index contributed by atoms with van der Waals surface area (Å²) in [5, 5.41) is 2.79. The first-order valence-electron chi connectivity index (χ1n) is 10.9. The van der Waals surface area contributed by atoms with Crippen molar-refractivity contribution in [3.05, 3.63) is 29.3 Å². The predicted octanol–water partition coefficient (Wildman–Crippen LogP) is 2.61. The van der Waals surface area contributed by atoms with Crippen molar-refractivity contribution in [2.45, 2.75) is 64.4 Å². The average Bonchev–Trinajstić information content (AvgIpc) is 3.29. The number of imide groups is 1. The highest BCUT2D eigenvalue weighted by atomic mass is 16.5. The Balaban J connectivity index is 1.26. The van der Waals surface area contributed by atoms with Crippen LogP contribution < -0.4 is 5.32 Å². The number of fused-ring (bicyclic) bond motifs is 2. The highest BCUT2D eigenvalue weighted by Gasteiger charge is 2.47. The van der Waals surface area contributed by atoms with Crippen LogP contribution in [0.25, 0.3) is 0 Å². The van der Waals surface area contributed by atoms with Crippen LogP contribution in [-0.2, 0) is 36.8 Å². The van der Waals surface area contributed by atoms with E-state index in [1.807, 2.05) is 18.2 Å². The first-order valence-corrected chi connectivity index (χ1v) is 10.9. The Morgan fingerprint density at radius 3 is 2.43 bits per heavy atom. The van der Waals surface area contributed by atoms with Crippen molar-refractivity contribution in [3.8, 4) is 0 Å². The fourth-order valence-corrected chi connectivity index (χ4v) is 4.86. The average molecular weight is 412 g/mol. The van der Waals surface area contributed by atoms with E-state index in [9.17, 15) is 19.2 Å². The molecule has 2 fully saturated rings. The van der Waals surface area contributed by atoms with E-state index < -0.39 is 18.0 Å². The smallest absolute Gasteiger partial charge is 0.308 e. The molecule has 4 rings (SSSR count). The lowest BCUT2D eigenvalue weighted by Crippen LogP contribution is -2.35. The van der Waals surface area contributed by atoms with Crippen molar-refractivity contribution >= 4 is 29.4 Å². The molecule has 1 N–H and O–H groups in total. The Morgan fingerprint density at radius 2 is 1.73 bits per heavy atom. The van der Waals surface area contributed by atoms with Gasteiger partial charge in [0.25, 0.3) is 5.91 Å². The maximum absolute atomic E-state index is 12.5. The summed E-state index contributed by atoms with van der Waals surface area (Å²) in [4.78, 5) is 50.7. The number of nitrogens with one attached hydrogen (secondary N) is 1. The molecule has 2 aliphatic carbocycles. The number of benzene rings is 1. The van der Waals surface area contributed by atoms with Gasteiger partial charge in [0, 0.05) is 12.2 Å². The number of nitrogens with zero attached hydrogens (tertiary/aromatic N) is 1. The minimum atomic E-state index is -0.960. The summed E-state index contributed by atoms with van der Waals surface area (Å²) in [7, 11) is 0. The van der Waals surface area contributed by atoms with Crippen molar-refractivity contribution in [3.63, 3.8) is 0 Å². The maximum Gasteiger partial charge on any atom is 0.308 e.